The molecule has 0 aliphatic rings. The van der Waals surface area contributed by atoms with Crippen LogP contribution in [0.15, 0.2) is 24.3 Å². The summed E-state index contributed by atoms with van der Waals surface area (Å²) >= 11 is 6.39. The zero-order valence-corrected chi connectivity index (χ0v) is 17.7. The molecule has 172 valence electrons. The zero-order valence-electron chi connectivity index (χ0n) is 17.0. The largest absolute Gasteiger partial charge is 0.493 e. The minimum atomic E-state index is -1.31. The quantitative estimate of drug-likeness (QED) is 0.261. The van der Waals surface area contributed by atoms with Gasteiger partial charge in [0.1, 0.15) is 11.9 Å². The number of amides is 1. The van der Waals surface area contributed by atoms with Gasteiger partial charge < -0.3 is 32.1 Å². The third-order valence-corrected chi connectivity index (χ3v) is 5.04. The summed E-state index contributed by atoms with van der Waals surface area (Å²) in [7, 11) is 0. The van der Waals surface area contributed by atoms with E-state index < -0.39 is 23.9 Å². The molecule has 0 fully saturated rings. The molecule has 2 atom stereocenters. The van der Waals surface area contributed by atoms with Crippen LogP contribution in [0.5, 0.6) is 5.88 Å². The maximum absolute atomic E-state index is 12.3. The molecule has 0 radical (unpaired) electrons. The van der Waals surface area contributed by atoms with Gasteiger partial charge in [-0.3, -0.25) is 9.59 Å². The van der Waals surface area contributed by atoms with E-state index >= 15 is 0 Å². The summed E-state index contributed by atoms with van der Waals surface area (Å²) in [4.78, 5) is 41.6. The number of aliphatic carboxylic acids is 2. The maximum atomic E-state index is 12.3. The van der Waals surface area contributed by atoms with Gasteiger partial charge >= 0.3 is 11.9 Å². The maximum Gasteiger partial charge on any atom is 0.326 e. The van der Waals surface area contributed by atoms with Crippen LogP contribution in [-0.2, 0) is 22.4 Å². The molecule has 1 aromatic heterocycles. The molecule has 1 heterocycles. The average Bonchev–Trinajstić information content (AvgIpc) is 2.70. The van der Waals surface area contributed by atoms with Gasteiger partial charge in [0, 0.05) is 17.4 Å². The fourth-order valence-electron chi connectivity index (χ4n) is 2.96. The highest BCUT2D eigenvalue weighted by molar-refractivity contribution is 6.20. The molecule has 32 heavy (non-hydrogen) atoms. The van der Waals surface area contributed by atoms with Crippen LogP contribution in [0.25, 0.3) is 0 Å². The molecule has 2 aromatic rings. The fourth-order valence-corrected chi connectivity index (χ4v) is 3.25. The zero-order chi connectivity index (χ0) is 23.8. The Morgan fingerprint density at radius 3 is 2.28 bits per heavy atom. The van der Waals surface area contributed by atoms with Crippen LogP contribution in [0.2, 0.25) is 0 Å². The minimum absolute atomic E-state index is 0.0947. The number of nitrogens with zero attached hydrogens (tertiary/aromatic N) is 2. The molecular weight excluding hydrogens is 442 g/mol. The first-order valence-electron chi connectivity index (χ1n) is 9.66. The Morgan fingerprint density at radius 2 is 1.72 bits per heavy atom. The van der Waals surface area contributed by atoms with Gasteiger partial charge in [-0.1, -0.05) is 12.1 Å². The van der Waals surface area contributed by atoms with Crippen LogP contribution >= 0.6 is 11.6 Å². The molecule has 0 bridgehead atoms. The first kappa shape index (κ1) is 24.7. The number of carboxylic acid groups (broad SMARTS) is 2. The number of nitrogens with one attached hydrogen (secondary N) is 1. The van der Waals surface area contributed by atoms with Crippen LogP contribution in [0.4, 0.5) is 11.8 Å². The SMILES string of the molecule is Nc1nc(N)c(CCC(Cl)Cc2ccc(C(=O)N[C@@H](CCC(=O)O)C(=O)O)cc2)c(O)n1. The summed E-state index contributed by atoms with van der Waals surface area (Å²) < 4.78 is 0. The van der Waals surface area contributed by atoms with Gasteiger partial charge in [0.05, 0.1) is 5.56 Å². The van der Waals surface area contributed by atoms with Gasteiger partial charge in [-0.25, -0.2) is 4.79 Å². The highest BCUT2D eigenvalue weighted by Crippen LogP contribution is 2.24. The van der Waals surface area contributed by atoms with Gasteiger partial charge in [0.25, 0.3) is 5.91 Å². The van der Waals surface area contributed by atoms with Crippen molar-refractivity contribution in [1.29, 1.82) is 0 Å². The summed E-state index contributed by atoms with van der Waals surface area (Å²) in [5.74, 6) is -3.38. The standard InChI is InChI=1S/C20H24ClN5O6/c21-12(5-6-13-16(22)25-20(23)26-18(13)30)9-10-1-3-11(4-2-10)17(29)24-14(19(31)32)7-8-15(27)28/h1-4,12,14H,5-9H2,(H,24,29)(H,27,28)(H,31,32)(H5,22,23,25,26,30)/t12?,14-/m0/s1. The van der Waals surface area contributed by atoms with E-state index in [-0.39, 0.29) is 41.4 Å². The summed E-state index contributed by atoms with van der Waals surface area (Å²) in [6.07, 6.45) is 0.690. The van der Waals surface area contributed by atoms with Crippen molar-refractivity contribution in [2.45, 2.75) is 43.5 Å². The van der Waals surface area contributed by atoms with E-state index in [0.29, 0.717) is 24.8 Å². The number of nitrogens with two attached hydrogens (primary N) is 2. The lowest BCUT2D eigenvalue weighted by Gasteiger charge is -2.14. The predicted molar refractivity (Wildman–Crippen MR) is 116 cm³/mol. The van der Waals surface area contributed by atoms with Crippen LogP contribution < -0.4 is 16.8 Å². The first-order valence-corrected chi connectivity index (χ1v) is 10.1. The third kappa shape index (κ3) is 7.27. The normalized spacial score (nSPS) is 12.7. The molecular formula is C20H24ClN5O6. The monoisotopic (exact) mass is 465 g/mol. The fraction of sp³-hybridized carbons (Fsp3) is 0.350. The van der Waals surface area contributed by atoms with Gasteiger partial charge in [-0.2, -0.15) is 9.97 Å². The number of hydrogen-bond donors (Lipinski definition) is 6. The van der Waals surface area contributed by atoms with Crippen LogP contribution in [0, 0.1) is 0 Å². The Kier molecular flexibility index (Phi) is 8.59. The Balaban J connectivity index is 1.92. The lowest BCUT2D eigenvalue weighted by Crippen LogP contribution is -2.41. The third-order valence-electron chi connectivity index (χ3n) is 4.67. The number of aromatic nitrogens is 2. The Hall–Kier alpha value is -3.60. The highest BCUT2D eigenvalue weighted by atomic mass is 35.5. The number of carboxylic acids is 2. The second-order valence-electron chi connectivity index (χ2n) is 7.10. The second kappa shape index (κ2) is 11.1. The smallest absolute Gasteiger partial charge is 0.326 e. The van der Waals surface area contributed by atoms with Crippen molar-refractivity contribution in [1.82, 2.24) is 15.3 Å². The molecule has 0 spiro atoms. The number of halogens is 1. The van der Waals surface area contributed by atoms with Crippen molar-refractivity contribution in [3.05, 3.63) is 41.0 Å². The Labute approximate surface area is 188 Å². The van der Waals surface area contributed by atoms with Crippen molar-refractivity contribution < 1.29 is 29.7 Å². The molecule has 2 rings (SSSR count). The summed E-state index contributed by atoms with van der Waals surface area (Å²) in [5, 5.41) is 29.7. The molecule has 8 N–H and O–H groups in total. The number of rotatable bonds is 11. The van der Waals surface area contributed by atoms with Gasteiger partial charge in [-0.15, -0.1) is 11.6 Å². The number of benzene rings is 1. The number of nitrogen functional groups attached to an aromatic ring is 2. The lowest BCUT2D eigenvalue weighted by atomic mass is 10.0. The Morgan fingerprint density at radius 1 is 1.06 bits per heavy atom. The Bertz CT molecular complexity index is 962. The predicted octanol–water partition coefficient (Wildman–Crippen LogP) is 1.18. The molecule has 1 aromatic carbocycles. The van der Waals surface area contributed by atoms with E-state index in [1.807, 2.05) is 0 Å². The second-order valence-corrected chi connectivity index (χ2v) is 7.72. The summed E-state index contributed by atoms with van der Waals surface area (Å²) in [5.41, 5.74) is 12.6. The van der Waals surface area contributed by atoms with Crippen LogP contribution in [-0.4, -0.2) is 54.6 Å². The van der Waals surface area contributed by atoms with Crippen molar-refractivity contribution in [2.24, 2.45) is 0 Å². The van der Waals surface area contributed by atoms with Gasteiger partial charge in [0.15, 0.2) is 0 Å². The van der Waals surface area contributed by atoms with Crippen LogP contribution in [0.3, 0.4) is 0 Å². The molecule has 0 saturated carbocycles. The van der Waals surface area contributed by atoms with Crippen molar-refractivity contribution in [2.75, 3.05) is 11.5 Å². The topological polar surface area (TPSA) is 202 Å². The van der Waals surface area contributed by atoms with E-state index in [9.17, 15) is 19.5 Å². The molecule has 0 aliphatic carbocycles. The van der Waals surface area contributed by atoms with Crippen LogP contribution in [0.1, 0.15) is 40.7 Å². The number of anilines is 2. The summed E-state index contributed by atoms with van der Waals surface area (Å²) in [6, 6.07) is 5.14. The minimum Gasteiger partial charge on any atom is -0.493 e. The molecule has 11 nitrogen and oxygen atoms in total. The number of aromatic hydroxyl groups is 1. The van der Waals surface area contributed by atoms with Crippen molar-refractivity contribution in [3.8, 4) is 5.88 Å². The molecule has 0 aliphatic heterocycles. The van der Waals surface area contributed by atoms with E-state index in [1.54, 1.807) is 12.1 Å². The number of hydrogen-bond acceptors (Lipinski definition) is 8. The summed E-state index contributed by atoms with van der Waals surface area (Å²) in [6.45, 7) is 0. The van der Waals surface area contributed by atoms with Gasteiger partial charge in [0.2, 0.25) is 11.8 Å². The molecule has 1 amide bonds. The van der Waals surface area contributed by atoms with Gasteiger partial charge in [-0.05, 0) is 43.4 Å². The first-order chi connectivity index (χ1) is 15.1. The number of carbonyl (C=O) groups is 3. The number of carbonyl (C=O) groups excluding carboxylic acids is 1. The molecule has 1 unspecified atom stereocenters. The highest BCUT2D eigenvalue weighted by Gasteiger charge is 2.21. The van der Waals surface area contributed by atoms with E-state index in [2.05, 4.69) is 15.3 Å². The molecule has 0 saturated heterocycles. The number of alkyl halides is 1. The van der Waals surface area contributed by atoms with E-state index in [4.69, 9.17) is 33.3 Å². The average molecular weight is 466 g/mol. The lowest BCUT2D eigenvalue weighted by molar-refractivity contribution is -0.140. The van der Waals surface area contributed by atoms with E-state index in [0.717, 1.165) is 5.56 Å². The van der Waals surface area contributed by atoms with Crippen molar-refractivity contribution in [3.63, 3.8) is 0 Å². The van der Waals surface area contributed by atoms with Crippen molar-refractivity contribution >= 4 is 41.2 Å². The molecule has 12 heteroatoms. The van der Waals surface area contributed by atoms with E-state index in [1.165, 1.54) is 12.1 Å².